The van der Waals surface area contributed by atoms with Crippen molar-refractivity contribution in [3.63, 3.8) is 0 Å². The van der Waals surface area contributed by atoms with Gasteiger partial charge in [0.15, 0.2) is 5.69 Å². The zero-order valence-electron chi connectivity index (χ0n) is 8.06. The van der Waals surface area contributed by atoms with E-state index in [1.165, 1.54) is 6.26 Å². The van der Waals surface area contributed by atoms with E-state index in [9.17, 15) is 4.79 Å². The number of hydrogen-bond acceptors (Lipinski definition) is 4. The second-order valence-electron chi connectivity index (χ2n) is 3.44. The Labute approximate surface area is 82.1 Å². The van der Waals surface area contributed by atoms with E-state index in [-0.39, 0.29) is 11.9 Å². The number of piperazine rings is 1. The van der Waals surface area contributed by atoms with Gasteiger partial charge in [-0.3, -0.25) is 4.79 Å². The van der Waals surface area contributed by atoms with Crippen LogP contribution < -0.4 is 5.32 Å². The van der Waals surface area contributed by atoms with Crippen LogP contribution in [0.5, 0.6) is 0 Å². The van der Waals surface area contributed by atoms with E-state index in [1.54, 1.807) is 6.07 Å². The molecule has 0 saturated carbocycles. The van der Waals surface area contributed by atoms with Gasteiger partial charge in [0.2, 0.25) is 0 Å². The number of aromatic nitrogens is 1. The zero-order chi connectivity index (χ0) is 9.97. The van der Waals surface area contributed by atoms with Crippen molar-refractivity contribution in [2.75, 3.05) is 19.6 Å². The lowest BCUT2D eigenvalue weighted by Gasteiger charge is -2.33. The van der Waals surface area contributed by atoms with Crippen LogP contribution in [0.25, 0.3) is 0 Å². The van der Waals surface area contributed by atoms with Crippen LogP contribution >= 0.6 is 0 Å². The predicted octanol–water partition coefficient (Wildman–Crippen LogP) is 0.108. The molecule has 76 valence electrons. The van der Waals surface area contributed by atoms with Crippen molar-refractivity contribution in [3.8, 4) is 0 Å². The average Bonchev–Trinajstić information content (AvgIpc) is 2.70. The van der Waals surface area contributed by atoms with Gasteiger partial charge >= 0.3 is 0 Å². The van der Waals surface area contributed by atoms with Gasteiger partial charge < -0.3 is 14.7 Å². The van der Waals surface area contributed by atoms with E-state index < -0.39 is 0 Å². The lowest BCUT2D eigenvalue weighted by molar-refractivity contribution is 0.0645. The van der Waals surface area contributed by atoms with Gasteiger partial charge in [0, 0.05) is 31.7 Å². The molecule has 14 heavy (non-hydrogen) atoms. The standard InChI is InChI=1S/C9H13N3O2/c1-7-6-10-3-4-12(7)9(13)8-2-5-14-11-8/h2,5,7,10H,3-4,6H2,1H3/t7-/m0/s1. The molecule has 2 heterocycles. The first-order chi connectivity index (χ1) is 6.79. The topological polar surface area (TPSA) is 58.4 Å². The van der Waals surface area contributed by atoms with Crippen LogP contribution in [0.4, 0.5) is 0 Å². The molecule has 1 saturated heterocycles. The monoisotopic (exact) mass is 195 g/mol. The Kier molecular flexibility index (Phi) is 2.49. The molecule has 5 nitrogen and oxygen atoms in total. The molecule has 0 unspecified atom stereocenters. The maximum absolute atomic E-state index is 11.8. The predicted molar refractivity (Wildman–Crippen MR) is 49.9 cm³/mol. The van der Waals surface area contributed by atoms with Crippen LogP contribution in [0.2, 0.25) is 0 Å². The van der Waals surface area contributed by atoms with E-state index >= 15 is 0 Å². The van der Waals surface area contributed by atoms with Crippen LogP contribution in [-0.2, 0) is 0 Å². The molecule has 1 amide bonds. The van der Waals surface area contributed by atoms with Gasteiger partial charge in [0.05, 0.1) is 0 Å². The molecule has 0 aromatic carbocycles. The highest BCUT2D eigenvalue weighted by Gasteiger charge is 2.25. The van der Waals surface area contributed by atoms with E-state index in [0.29, 0.717) is 5.69 Å². The maximum Gasteiger partial charge on any atom is 0.276 e. The molecule has 0 bridgehead atoms. The fraction of sp³-hybridized carbons (Fsp3) is 0.556. The molecule has 1 atom stereocenters. The first-order valence-corrected chi connectivity index (χ1v) is 4.71. The lowest BCUT2D eigenvalue weighted by Crippen LogP contribution is -2.52. The van der Waals surface area contributed by atoms with Crippen molar-refractivity contribution in [1.29, 1.82) is 0 Å². The number of amides is 1. The minimum absolute atomic E-state index is 0.0484. The molecule has 1 aromatic rings. The fourth-order valence-corrected chi connectivity index (χ4v) is 1.61. The molecule has 1 fully saturated rings. The molecule has 5 heteroatoms. The second kappa shape index (κ2) is 3.79. The van der Waals surface area contributed by atoms with Gasteiger partial charge in [-0.05, 0) is 6.92 Å². The summed E-state index contributed by atoms with van der Waals surface area (Å²) in [7, 11) is 0. The summed E-state index contributed by atoms with van der Waals surface area (Å²) in [6.45, 7) is 4.43. The summed E-state index contributed by atoms with van der Waals surface area (Å²) in [5.74, 6) is -0.0484. The molecule has 1 aromatic heterocycles. The van der Waals surface area contributed by atoms with Gasteiger partial charge in [-0.1, -0.05) is 5.16 Å². The van der Waals surface area contributed by atoms with Gasteiger partial charge in [-0.2, -0.15) is 0 Å². The van der Waals surface area contributed by atoms with Crippen molar-refractivity contribution in [2.45, 2.75) is 13.0 Å². The van der Waals surface area contributed by atoms with Crippen LogP contribution in [-0.4, -0.2) is 41.6 Å². The molecule has 1 aliphatic heterocycles. The second-order valence-corrected chi connectivity index (χ2v) is 3.44. The third kappa shape index (κ3) is 1.63. The molecule has 2 rings (SSSR count). The van der Waals surface area contributed by atoms with Crippen LogP contribution in [0.15, 0.2) is 16.9 Å². The normalized spacial score (nSPS) is 22.4. The van der Waals surface area contributed by atoms with Gasteiger partial charge in [0.1, 0.15) is 6.26 Å². The largest absolute Gasteiger partial charge is 0.364 e. The van der Waals surface area contributed by atoms with Crippen molar-refractivity contribution in [1.82, 2.24) is 15.4 Å². The Morgan fingerprint density at radius 2 is 2.64 bits per heavy atom. The smallest absolute Gasteiger partial charge is 0.276 e. The van der Waals surface area contributed by atoms with E-state index in [2.05, 4.69) is 15.0 Å². The highest BCUT2D eigenvalue weighted by atomic mass is 16.5. The van der Waals surface area contributed by atoms with Crippen molar-refractivity contribution in [2.24, 2.45) is 0 Å². The van der Waals surface area contributed by atoms with Crippen molar-refractivity contribution in [3.05, 3.63) is 18.0 Å². The molecule has 1 N–H and O–H groups in total. The van der Waals surface area contributed by atoms with Crippen LogP contribution in [0.3, 0.4) is 0 Å². The van der Waals surface area contributed by atoms with Gasteiger partial charge in [-0.15, -0.1) is 0 Å². The number of rotatable bonds is 1. The van der Waals surface area contributed by atoms with Crippen molar-refractivity contribution < 1.29 is 9.32 Å². The molecular weight excluding hydrogens is 182 g/mol. The third-order valence-corrected chi connectivity index (χ3v) is 2.42. The highest BCUT2D eigenvalue weighted by molar-refractivity contribution is 5.92. The number of nitrogens with one attached hydrogen (secondary N) is 1. The summed E-state index contributed by atoms with van der Waals surface area (Å²) in [6.07, 6.45) is 1.42. The Hall–Kier alpha value is -1.36. The average molecular weight is 195 g/mol. The van der Waals surface area contributed by atoms with Crippen LogP contribution in [0.1, 0.15) is 17.4 Å². The van der Waals surface area contributed by atoms with E-state index in [4.69, 9.17) is 0 Å². The molecule has 0 radical (unpaired) electrons. The van der Waals surface area contributed by atoms with E-state index in [1.807, 2.05) is 11.8 Å². The zero-order valence-corrected chi connectivity index (χ0v) is 8.06. The Bertz CT molecular complexity index is 310. The minimum Gasteiger partial charge on any atom is -0.364 e. The van der Waals surface area contributed by atoms with E-state index in [0.717, 1.165) is 19.6 Å². The first-order valence-electron chi connectivity index (χ1n) is 4.71. The number of hydrogen-bond donors (Lipinski definition) is 1. The Morgan fingerprint density at radius 3 is 3.29 bits per heavy atom. The summed E-state index contributed by atoms with van der Waals surface area (Å²) >= 11 is 0. The fourth-order valence-electron chi connectivity index (χ4n) is 1.61. The Morgan fingerprint density at radius 1 is 1.79 bits per heavy atom. The van der Waals surface area contributed by atoms with Gasteiger partial charge in [0.25, 0.3) is 5.91 Å². The van der Waals surface area contributed by atoms with Crippen LogP contribution in [0, 0.1) is 0 Å². The Balaban J connectivity index is 2.10. The molecule has 1 aliphatic rings. The summed E-state index contributed by atoms with van der Waals surface area (Å²) in [6, 6.07) is 1.81. The summed E-state index contributed by atoms with van der Waals surface area (Å²) in [5, 5.41) is 6.87. The summed E-state index contributed by atoms with van der Waals surface area (Å²) in [4.78, 5) is 13.7. The molecule has 0 aliphatic carbocycles. The SMILES string of the molecule is C[C@H]1CNCCN1C(=O)c1ccon1. The number of nitrogens with zero attached hydrogens (tertiary/aromatic N) is 2. The lowest BCUT2D eigenvalue weighted by atomic mass is 10.2. The highest BCUT2D eigenvalue weighted by Crippen LogP contribution is 2.08. The number of carbonyl (C=O) groups is 1. The van der Waals surface area contributed by atoms with Crippen molar-refractivity contribution >= 4 is 5.91 Å². The number of carbonyl (C=O) groups excluding carboxylic acids is 1. The molecular formula is C9H13N3O2. The molecule has 0 spiro atoms. The van der Waals surface area contributed by atoms with Gasteiger partial charge in [-0.25, -0.2) is 0 Å². The first kappa shape index (κ1) is 9.21. The third-order valence-electron chi connectivity index (χ3n) is 2.42. The summed E-state index contributed by atoms with van der Waals surface area (Å²) < 4.78 is 4.65. The maximum atomic E-state index is 11.8. The quantitative estimate of drug-likeness (QED) is 0.691. The summed E-state index contributed by atoms with van der Waals surface area (Å²) in [5.41, 5.74) is 0.388. The minimum atomic E-state index is -0.0484.